The Morgan fingerprint density at radius 2 is 1.52 bits per heavy atom. The molecule has 5 heteroatoms. The summed E-state index contributed by atoms with van der Waals surface area (Å²) in [6.45, 7) is 6.36. The van der Waals surface area contributed by atoms with E-state index >= 15 is 0 Å². The molecule has 0 spiro atoms. The SMILES string of the molecule is CC(C)(C)c1cc(Oc2ccccc2)nc(NSc2ccccc2)n1. The molecule has 4 nitrogen and oxygen atoms in total. The van der Waals surface area contributed by atoms with Crippen LogP contribution in [0.2, 0.25) is 0 Å². The number of anilines is 1. The number of rotatable bonds is 5. The molecule has 0 fully saturated rings. The first-order valence-electron chi connectivity index (χ1n) is 8.11. The van der Waals surface area contributed by atoms with Gasteiger partial charge in [0.2, 0.25) is 11.8 Å². The van der Waals surface area contributed by atoms with Crippen LogP contribution in [-0.2, 0) is 5.41 Å². The Morgan fingerprint density at radius 1 is 0.880 bits per heavy atom. The highest BCUT2D eigenvalue weighted by Gasteiger charge is 2.19. The van der Waals surface area contributed by atoms with Crippen molar-refractivity contribution in [2.45, 2.75) is 31.1 Å². The van der Waals surface area contributed by atoms with Gasteiger partial charge in [0.1, 0.15) is 5.75 Å². The van der Waals surface area contributed by atoms with E-state index in [1.54, 1.807) is 0 Å². The first kappa shape index (κ1) is 17.3. The van der Waals surface area contributed by atoms with Crippen LogP contribution in [0.5, 0.6) is 11.6 Å². The smallest absolute Gasteiger partial charge is 0.236 e. The lowest BCUT2D eigenvalue weighted by Crippen LogP contribution is -2.15. The molecule has 0 saturated carbocycles. The molecule has 0 aliphatic rings. The van der Waals surface area contributed by atoms with E-state index in [0.29, 0.717) is 11.8 Å². The molecule has 1 heterocycles. The average molecular weight is 351 g/mol. The summed E-state index contributed by atoms with van der Waals surface area (Å²) < 4.78 is 9.12. The van der Waals surface area contributed by atoms with Gasteiger partial charge in [0.15, 0.2) is 0 Å². The fourth-order valence-corrected chi connectivity index (χ4v) is 2.70. The van der Waals surface area contributed by atoms with Crippen LogP contribution in [-0.4, -0.2) is 9.97 Å². The molecule has 0 bridgehead atoms. The molecule has 0 aliphatic carbocycles. The summed E-state index contributed by atoms with van der Waals surface area (Å²) in [6.07, 6.45) is 0. The van der Waals surface area contributed by atoms with Crippen molar-refractivity contribution in [3.8, 4) is 11.6 Å². The maximum absolute atomic E-state index is 5.91. The second-order valence-corrected chi connectivity index (χ2v) is 7.48. The Labute approximate surface area is 152 Å². The van der Waals surface area contributed by atoms with Gasteiger partial charge < -0.3 is 4.74 Å². The number of para-hydroxylation sites is 1. The van der Waals surface area contributed by atoms with Gasteiger partial charge in [0, 0.05) is 16.4 Å². The molecule has 0 aliphatic heterocycles. The molecule has 1 N–H and O–H groups in total. The monoisotopic (exact) mass is 351 g/mol. The summed E-state index contributed by atoms with van der Waals surface area (Å²) in [4.78, 5) is 10.2. The zero-order chi connectivity index (χ0) is 17.7. The minimum atomic E-state index is -0.106. The van der Waals surface area contributed by atoms with Crippen LogP contribution in [0.3, 0.4) is 0 Å². The Morgan fingerprint density at radius 3 is 2.16 bits per heavy atom. The third kappa shape index (κ3) is 4.97. The maximum Gasteiger partial charge on any atom is 0.236 e. The van der Waals surface area contributed by atoms with Crippen molar-refractivity contribution >= 4 is 17.9 Å². The normalized spacial score (nSPS) is 11.2. The Bertz CT molecular complexity index is 817. The zero-order valence-electron chi connectivity index (χ0n) is 14.6. The van der Waals surface area contributed by atoms with E-state index in [2.05, 4.69) is 35.5 Å². The minimum Gasteiger partial charge on any atom is -0.439 e. The molecule has 0 unspecified atom stereocenters. The van der Waals surface area contributed by atoms with E-state index in [-0.39, 0.29) is 5.41 Å². The lowest BCUT2D eigenvalue weighted by molar-refractivity contribution is 0.456. The van der Waals surface area contributed by atoms with Gasteiger partial charge in [-0.2, -0.15) is 4.98 Å². The molecule has 0 amide bonds. The molecule has 128 valence electrons. The van der Waals surface area contributed by atoms with E-state index in [1.165, 1.54) is 11.9 Å². The number of nitrogens with one attached hydrogen (secondary N) is 1. The first-order chi connectivity index (χ1) is 12.0. The van der Waals surface area contributed by atoms with Crippen LogP contribution in [0.25, 0.3) is 0 Å². The fourth-order valence-electron chi connectivity index (χ4n) is 2.11. The van der Waals surface area contributed by atoms with Crippen molar-refractivity contribution in [2.75, 3.05) is 4.72 Å². The van der Waals surface area contributed by atoms with Gasteiger partial charge in [-0.25, -0.2) is 4.98 Å². The Kier molecular flexibility index (Phi) is 5.24. The number of hydrogen-bond donors (Lipinski definition) is 1. The van der Waals surface area contributed by atoms with Crippen molar-refractivity contribution in [2.24, 2.45) is 0 Å². The van der Waals surface area contributed by atoms with Crippen LogP contribution in [0, 0.1) is 0 Å². The van der Waals surface area contributed by atoms with Crippen LogP contribution < -0.4 is 9.46 Å². The molecule has 0 radical (unpaired) electrons. The summed E-state index contributed by atoms with van der Waals surface area (Å²) in [5.74, 6) is 1.82. The quantitative estimate of drug-likeness (QED) is 0.599. The van der Waals surface area contributed by atoms with Gasteiger partial charge in [-0.3, -0.25) is 4.72 Å². The molecular weight excluding hydrogens is 330 g/mol. The molecule has 0 atom stereocenters. The topological polar surface area (TPSA) is 47.0 Å². The Balaban J connectivity index is 1.85. The third-order valence-electron chi connectivity index (χ3n) is 3.44. The highest BCUT2D eigenvalue weighted by atomic mass is 32.2. The number of nitrogens with zero attached hydrogens (tertiary/aromatic N) is 2. The van der Waals surface area contributed by atoms with Crippen LogP contribution in [0.1, 0.15) is 26.5 Å². The molecule has 3 rings (SSSR count). The van der Waals surface area contributed by atoms with Crippen molar-refractivity contribution in [1.82, 2.24) is 9.97 Å². The first-order valence-corrected chi connectivity index (χ1v) is 8.93. The lowest BCUT2D eigenvalue weighted by Gasteiger charge is -2.19. The molecule has 2 aromatic carbocycles. The number of ether oxygens (including phenoxy) is 1. The van der Waals surface area contributed by atoms with Crippen LogP contribution >= 0.6 is 11.9 Å². The second kappa shape index (κ2) is 7.57. The molecule has 0 saturated heterocycles. The highest BCUT2D eigenvalue weighted by molar-refractivity contribution is 8.00. The van der Waals surface area contributed by atoms with E-state index in [4.69, 9.17) is 4.74 Å². The largest absolute Gasteiger partial charge is 0.439 e. The van der Waals surface area contributed by atoms with E-state index < -0.39 is 0 Å². The van der Waals surface area contributed by atoms with Gasteiger partial charge in [-0.05, 0) is 36.2 Å². The number of hydrogen-bond acceptors (Lipinski definition) is 5. The summed E-state index contributed by atoms with van der Waals surface area (Å²) in [6, 6.07) is 21.6. The Hall–Kier alpha value is -2.53. The van der Waals surface area contributed by atoms with Gasteiger partial charge in [-0.1, -0.05) is 57.2 Å². The number of benzene rings is 2. The van der Waals surface area contributed by atoms with Gasteiger partial charge in [0.25, 0.3) is 0 Å². The van der Waals surface area contributed by atoms with E-state index in [0.717, 1.165) is 16.3 Å². The summed E-state index contributed by atoms with van der Waals surface area (Å²) in [5, 5.41) is 0. The van der Waals surface area contributed by atoms with E-state index in [9.17, 15) is 0 Å². The minimum absolute atomic E-state index is 0.106. The van der Waals surface area contributed by atoms with Crippen molar-refractivity contribution in [3.05, 3.63) is 72.4 Å². The van der Waals surface area contributed by atoms with Crippen molar-refractivity contribution in [3.63, 3.8) is 0 Å². The maximum atomic E-state index is 5.91. The highest BCUT2D eigenvalue weighted by Crippen LogP contribution is 2.28. The predicted octanol–water partition coefficient (Wildman–Crippen LogP) is 5.69. The summed E-state index contributed by atoms with van der Waals surface area (Å²) in [7, 11) is 0. The van der Waals surface area contributed by atoms with E-state index in [1.807, 2.05) is 66.7 Å². The second-order valence-electron chi connectivity index (χ2n) is 6.60. The summed E-state index contributed by atoms with van der Waals surface area (Å²) >= 11 is 1.48. The lowest BCUT2D eigenvalue weighted by atomic mass is 9.92. The molecular formula is C20H21N3OS. The summed E-state index contributed by atoms with van der Waals surface area (Å²) in [5.41, 5.74) is 0.815. The van der Waals surface area contributed by atoms with Crippen molar-refractivity contribution < 1.29 is 4.74 Å². The molecule has 3 aromatic rings. The average Bonchev–Trinajstić information content (AvgIpc) is 2.61. The standard InChI is InChI=1S/C20H21N3OS/c1-20(2,3)17-14-18(24-15-10-6-4-7-11-15)22-19(21-17)23-25-16-12-8-5-9-13-16/h4-14H,1-3H3,(H,21,22,23). The molecule has 25 heavy (non-hydrogen) atoms. The van der Waals surface area contributed by atoms with Gasteiger partial charge in [-0.15, -0.1) is 0 Å². The zero-order valence-corrected chi connectivity index (χ0v) is 15.4. The van der Waals surface area contributed by atoms with Crippen LogP contribution in [0.4, 0.5) is 5.95 Å². The van der Waals surface area contributed by atoms with Gasteiger partial charge >= 0.3 is 0 Å². The fraction of sp³-hybridized carbons (Fsp3) is 0.200. The van der Waals surface area contributed by atoms with Crippen LogP contribution in [0.15, 0.2) is 71.6 Å². The third-order valence-corrected chi connectivity index (χ3v) is 4.23. The predicted molar refractivity (Wildman–Crippen MR) is 103 cm³/mol. The molecule has 1 aromatic heterocycles. The van der Waals surface area contributed by atoms with Crippen molar-refractivity contribution in [1.29, 1.82) is 0 Å². The number of aromatic nitrogens is 2. The van der Waals surface area contributed by atoms with Gasteiger partial charge in [0.05, 0.1) is 5.69 Å².